The number of carboxylic acids is 1. The Bertz CT molecular complexity index is 1500. The second kappa shape index (κ2) is 10.9. The number of amides is 3. The molecule has 0 saturated carbocycles. The summed E-state index contributed by atoms with van der Waals surface area (Å²) < 4.78 is 32.0. The predicted molar refractivity (Wildman–Crippen MR) is 136 cm³/mol. The van der Waals surface area contributed by atoms with Gasteiger partial charge in [0.2, 0.25) is 5.60 Å². The van der Waals surface area contributed by atoms with Crippen LogP contribution in [0.25, 0.3) is 0 Å². The maximum absolute atomic E-state index is 13.0. The molecule has 2 aromatic rings. The fraction of sp³-hybridized carbons (Fsp3) is 0.333. The monoisotopic (exact) mass is 600 g/mol. The number of nitrogens with one attached hydrogen (secondary N) is 2. The zero-order valence-electron chi connectivity index (χ0n) is 20.9. The first kappa shape index (κ1) is 30.1. The van der Waals surface area contributed by atoms with Gasteiger partial charge < -0.3 is 36.5 Å². The first-order valence-electron chi connectivity index (χ1n) is 11.1. The Labute approximate surface area is 230 Å². The lowest BCUT2D eigenvalue weighted by Crippen LogP contribution is -2.71. The summed E-state index contributed by atoms with van der Waals surface area (Å²) in [6.07, 6.45) is 0. The molecule has 1 aliphatic rings. The molecule has 0 radical (unpaired) electrons. The van der Waals surface area contributed by atoms with Gasteiger partial charge in [-0.3, -0.25) is 18.9 Å². The molecule has 1 aliphatic heterocycles. The van der Waals surface area contributed by atoms with E-state index in [-0.39, 0.29) is 20.7 Å². The number of aromatic hydroxyl groups is 2. The van der Waals surface area contributed by atoms with Crippen LogP contribution >= 0.6 is 11.3 Å². The number of nitrogen functional groups attached to an aromatic ring is 1. The van der Waals surface area contributed by atoms with Gasteiger partial charge in [-0.2, -0.15) is 8.42 Å². The summed E-state index contributed by atoms with van der Waals surface area (Å²) in [4.78, 5) is 59.1. The third-order valence-corrected chi connectivity index (χ3v) is 7.30. The van der Waals surface area contributed by atoms with Gasteiger partial charge in [0.05, 0.1) is 6.04 Å². The molecule has 1 saturated heterocycles. The van der Waals surface area contributed by atoms with Gasteiger partial charge in [0.25, 0.3) is 17.7 Å². The third kappa shape index (κ3) is 6.21. The Morgan fingerprint density at radius 1 is 1.25 bits per heavy atom. The molecule has 0 aliphatic carbocycles. The maximum Gasteiger partial charge on any atom is 0.362 e. The van der Waals surface area contributed by atoms with Crippen LogP contribution in [0.3, 0.4) is 0 Å². The van der Waals surface area contributed by atoms with Crippen molar-refractivity contribution < 1.29 is 52.3 Å². The zero-order valence-corrected chi connectivity index (χ0v) is 22.6. The van der Waals surface area contributed by atoms with Crippen LogP contribution in [0.5, 0.6) is 11.5 Å². The van der Waals surface area contributed by atoms with E-state index in [0.717, 1.165) is 23.5 Å². The summed E-state index contributed by atoms with van der Waals surface area (Å²) in [7, 11) is -4.84. The van der Waals surface area contributed by atoms with Gasteiger partial charge >= 0.3 is 16.3 Å². The molecule has 3 atom stereocenters. The zero-order chi connectivity index (χ0) is 30.2. The number of oxime groups is 1. The Morgan fingerprint density at radius 2 is 1.90 bits per heavy atom. The summed E-state index contributed by atoms with van der Waals surface area (Å²) in [5.41, 5.74) is 2.95. The van der Waals surface area contributed by atoms with Crippen LogP contribution in [0.15, 0.2) is 28.7 Å². The van der Waals surface area contributed by atoms with Gasteiger partial charge in [0.1, 0.15) is 11.7 Å². The average molecular weight is 601 g/mol. The number of carboxylic acid groups (broad SMARTS) is 1. The predicted octanol–water partition coefficient (Wildman–Crippen LogP) is -0.904. The molecule has 1 aromatic carbocycles. The van der Waals surface area contributed by atoms with Crippen molar-refractivity contribution in [3.8, 4) is 11.5 Å². The van der Waals surface area contributed by atoms with E-state index in [0.29, 0.717) is 0 Å². The van der Waals surface area contributed by atoms with Gasteiger partial charge in [-0.25, -0.2) is 14.1 Å². The smallest absolute Gasteiger partial charge is 0.362 e. The Hall–Kier alpha value is -4.49. The van der Waals surface area contributed by atoms with E-state index in [4.69, 9.17) is 15.1 Å². The number of nitrogens with zero attached hydrogens (tertiary/aromatic N) is 3. The van der Waals surface area contributed by atoms with E-state index in [9.17, 15) is 42.9 Å². The molecule has 216 valence electrons. The van der Waals surface area contributed by atoms with E-state index in [1.807, 2.05) is 0 Å². The number of aromatic nitrogens is 1. The fourth-order valence-corrected chi connectivity index (χ4v) is 4.86. The van der Waals surface area contributed by atoms with E-state index < -0.39 is 74.9 Å². The first-order chi connectivity index (χ1) is 18.4. The highest BCUT2D eigenvalue weighted by atomic mass is 32.2. The molecule has 1 unspecified atom stereocenters. The molecule has 1 aromatic heterocycles. The molecule has 3 amide bonds. The highest BCUT2D eigenvalue weighted by molar-refractivity contribution is 7.84. The van der Waals surface area contributed by atoms with Gasteiger partial charge in [-0.05, 0) is 38.5 Å². The number of hydrogen-bond donors (Lipinski definition) is 7. The van der Waals surface area contributed by atoms with Crippen LogP contribution in [-0.4, -0.2) is 84.7 Å². The second-order valence-electron chi connectivity index (χ2n) is 8.91. The van der Waals surface area contributed by atoms with Crippen LogP contribution in [-0.2, 0) is 34.3 Å². The molecule has 0 bridgehead atoms. The van der Waals surface area contributed by atoms with Gasteiger partial charge in [0, 0.05) is 5.38 Å². The largest absolute Gasteiger partial charge is 0.504 e. The normalized spacial score (nSPS) is 18.4. The molecule has 40 heavy (non-hydrogen) atoms. The SMILES string of the molecule is C[C@H]1[C@H](NC(=O)C(=NOC(C)(C)C(=O)NC(C(=O)O)c2ccc(O)c(O)c2)c2csc(N)n2)C(=O)N1S(=O)(=O)O. The number of hydrogen-bond acceptors (Lipinski definition) is 13. The number of nitrogens with two attached hydrogens (primary N) is 1. The second-order valence-corrected chi connectivity index (χ2v) is 11.1. The summed E-state index contributed by atoms with van der Waals surface area (Å²) in [5.74, 6) is -5.82. The lowest BCUT2D eigenvalue weighted by molar-refractivity contribution is -0.149. The van der Waals surface area contributed by atoms with Crippen molar-refractivity contribution in [1.29, 1.82) is 0 Å². The average Bonchev–Trinajstić information content (AvgIpc) is 3.27. The lowest BCUT2D eigenvalue weighted by atomic mass is 10.0. The van der Waals surface area contributed by atoms with Gasteiger partial charge in [0.15, 0.2) is 28.4 Å². The maximum atomic E-state index is 13.0. The summed E-state index contributed by atoms with van der Waals surface area (Å²) >= 11 is 0.925. The van der Waals surface area contributed by atoms with E-state index in [1.165, 1.54) is 32.2 Å². The number of rotatable bonds is 10. The summed E-state index contributed by atoms with van der Waals surface area (Å²) in [6.45, 7) is 3.66. The number of anilines is 1. The first-order valence-corrected chi connectivity index (χ1v) is 13.4. The number of phenols is 2. The fourth-order valence-electron chi connectivity index (χ4n) is 3.43. The van der Waals surface area contributed by atoms with Crippen molar-refractivity contribution in [2.45, 2.75) is 44.5 Å². The van der Waals surface area contributed by atoms with Crippen molar-refractivity contribution in [2.24, 2.45) is 5.16 Å². The number of thiazole rings is 1. The minimum absolute atomic E-state index is 0.0274. The van der Waals surface area contributed by atoms with Crippen molar-refractivity contribution in [1.82, 2.24) is 19.9 Å². The minimum atomic E-state index is -4.84. The van der Waals surface area contributed by atoms with Crippen LogP contribution in [0, 0.1) is 0 Å². The number of β-lactam (4-membered cyclic amide) rings is 1. The third-order valence-electron chi connectivity index (χ3n) is 5.62. The van der Waals surface area contributed by atoms with E-state index in [1.54, 1.807) is 0 Å². The summed E-state index contributed by atoms with van der Waals surface area (Å²) in [6, 6.07) is -1.02. The number of carbonyl (C=O) groups excluding carboxylic acids is 3. The minimum Gasteiger partial charge on any atom is -0.504 e. The van der Waals surface area contributed by atoms with Crippen LogP contribution < -0.4 is 16.4 Å². The Morgan fingerprint density at radius 3 is 2.40 bits per heavy atom. The van der Waals surface area contributed by atoms with E-state index in [2.05, 4.69) is 20.8 Å². The van der Waals surface area contributed by atoms with Gasteiger partial charge in [-0.1, -0.05) is 11.2 Å². The highest BCUT2D eigenvalue weighted by Crippen LogP contribution is 2.28. The molecule has 2 heterocycles. The summed E-state index contributed by atoms with van der Waals surface area (Å²) in [5, 5.41) is 38.2. The molecule has 3 rings (SSSR count). The van der Waals surface area contributed by atoms with Crippen molar-refractivity contribution in [3.05, 3.63) is 34.8 Å². The van der Waals surface area contributed by atoms with Crippen molar-refractivity contribution in [2.75, 3.05) is 5.73 Å². The molecule has 0 spiro atoms. The molecular weight excluding hydrogens is 576 g/mol. The van der Waals surface area contributed by atoms with Crippen molar-refractivity contribution >= 4 is 56.2 Å². The van der Waals surface area contributed by atoms with E-state index >= 15 is 0 Å². The van der Waals surface area contributed by atoms with Crippen LogP contribution in [0.1, 0.15) is 38.1 Å². The number of phenolic OH excluding ortho intramolecular Hbond substituents is 2. The van der Waals surface area contributed by atoms with Crippen LogP contribution in [0.4, 0.5) is 5.13 Å². The number of benzene rings is 1. The highest BCUT2D eigenvalue weighted by Gasteiger charge is 2.51. The molecular formula is C21H24N6O11S2. The van der Waals surface area contributed by atoms with Crippen LogP contribution in [0.2, 0.25) is 0 Å². The molecule has 17 nitrogen and oxygen atoms in total. The molecule has 1 fully saturated rings. The van der Waals surface area contributed by atoms with Crippen molar-refractivity contribution in [3.63, 3.8) is 0 Å². The topological polar surface area (TPSA) is 271 Å². The quantitative estimate of drug-likeness (QED) is 0.0573. The standard InChI is InChI=1S/C21H24N6O11S2/c1-8-13(17(31)27(8)40(35,36)37)24-16(30)15(10-7-39-20(22)23-10)26-38-21(2,3)19(34)25-14(18(32)33)9-4-5-11(28)12(29)6-9/h4-8,13-14,28-29H,1-3H3,(H2,22,23)(H,24,30)(H,25,34)(H,32,33)(H,35,36,37)/t8-,13-,14?/m0/s1. The molecule has 8 N–H and O–H groups in total. The number of carbonyl (C=O) groups is 4. The molecule has 19 heteroatoms. The Balaban J connectivity index is 1.82. The lowest BCUT2D eigenvalue weighted by Gasteiger charge is -2.42. The van der Waals surface area contributed by atoms with Gasteiger partial charge in [-0.15, -0.1) is 11.3 Å². The number of aliphatic carboxylic acids is 1. The Kier molecular flexibility index (Phi) is 8.22.